The van der Waals surface area contributed by atoms with E-state index in [0.717, 1.165) is 11.1 Å². The molecule has 1 heterocycles. The highest BCUT2D eigenvalue weighted by Crippen LogP contribution is 2.43. The Morgan fingerprint density at radius 2 is 1.38 bits per heavy atom. The zero-order valence-electron chi connectivity index (χ0n) is 18.9. The molecule has 1 N–H and O–H groups in total. The number of nitriles is 1. The van der Waals surface area contributed by atoms with E-state index in [2.05, 4.69) is 11.1 Å². The lowest BCUT2D eigenvalue weighted by Crippen LogP contribution is -1.87. The molecule has 0 saturated heterocycles. The number of methoxy groups -OCH3 is 3. The Labute approximate surface area is 197 Å². The molecular formula is C27H22N2O5. The molecule has 0 radical (unpaired) electrons. The molecule has 0 atom stereocenters. The second kappa shape index (κ2) is 9.84. The third-order valence-corrected chi connectivity index (χ3v) is 5.29. The highest BCUT2D eigenvalue weighted by Gasteiger charge is 2.23. The van der Waals surface area contributed by atoms with E-state index < -0.39 is 0 Å². The lowest BCUT2D eigenvalue weighted by molar-refractivity contribution is 0.412. The summed E-state index contributed by atoms with van der Waals surface area (Å²) in [4.78, 5) is 4.40. The van der Waals surface area contributed by atoms with Crippen LogP contribution in [0, 0.1) is 11.3 Å². The summed E-state index contributed by atoms with van der Waals surface area (Å²) in [5.74, 6) is 2.61. The summed E-state index contributed by atoms with van der Waals surface area (Å²) in [5.41, 5.74) is 2.84. The number of hydrogen-bond acceptors (Lipinski definition) is 7. The fraction of sp³-hybridized carbons (Fsp3) is 0.111. The number of benzene rings is 3. The Kier molecular flexibility index (Phi) is 6.51. The predicted molar refractivity (Wildman–Crippen MR) is 129 cm³/mol. The van der Waals surface area contributed by atoms with Gasteiger partial charge in [-0.25, -0.2) is 4.99 Å². The highest BCUT2D eigenvalue weighted by molar-refractivity contribution is 5.91. The topological polar surface area (TPSA) is 97.2 Å². The molecule has 0 aliphatic heterocycles. The molecule has 34 heavy (non-hydrogen) atoms. The number of hydrogen-bond donors (Lipinski definition) is 1. The van der Waals surface area contributed by atoms with Crippen molar-refractivity contribution >= 4 is 12.1 Å². The highest BCUT2D eigenvalue weighted by atomic mass is 16.5. The van der Waals surface area contributed by atoms with Gasteiger partial charge in [0, 0.05) is 22.9 Å². The molecule has 0 aliphatic rings. The van der Waals surface area contributed by atoms with Crippen molar-refractivity contribution in [2.75, 3.05) is 21.3 Å². The van der Waals surface area contributed by atoms with Crippen LogP contribution in [0.3, 0.4) is 0 Å². The quantitative estimate of drug-likeness (QED) is 0.346. The van der Waals surface area contributed by atoms with Crippen LogP contribution < -0.4 is 14.2 Å². The maximum Gasteiger partial charge on any atom is 0.238 e. The number of ether oxygens (including phenoxy) is 3. The van der Waals surface area contributed by atoms with Gasteiger partial charge in [-0.05, 0) is 60.2 Å². The molecule has 0 saturated carbocycles. The Morgan fingerprint density at radius 3 is 1.94 bits per heavy atom. The van der Waals surface area contributed by atoms with Gasteiger partial charge in [0.1, 0.15) is 40.4 Å². The molecular weight excluding hydrogens is 432 g/mol. The number of aromatic hydroxyl groups is 1. The molecule has 0 spiro atoms. The molecule has 0 unspecified atom stereocenters. The van der Waals surface area contributed by atoms with Crippen molar-refractivity contribution in [2.24, 2.45) is 4.99 Å². The summed E-state index contributed by atoms with van der Waals surface area (Å²) < 4.78 is 21.9. The largest absolute Gasteiger partial charge is 0.507 e. The molecule has 0 bridgehead atoms. The van der Waals surface area contributed by atoms with Gasteiger partial charge in [0.2, 0.25) is 5.88 Å². The van der Waals surface area contributed by atoms with Crippen molar-refractivity contribution < 1.29 is 23.7 Å². The van der Waals surface area contributed by atoms with E-state index in [1.807, 2.05) is 48.5 Å². The summed E-state index contributed by atoms with van der Waals surface area (Å²) >= 11 is 0. The van der Waals surface area contributed by atoms with E-state index in [9.17, 15) is 10.4 Å². The standard InChI is InChI=1S/C27H22N2O5/c1-31-20-8-4-17(5-9-20)25-23(15-28)27(29-16-19-14-22(33-3)12-13-24(19)30)34-26(25)18-6-10-21(32-2)11-7-18/h4-14,16,30H,1-3H3/b29-16+. The van der Waals surface area contributed by atoms with Crippen molar-refractivity contribution in [2.45, 2.75) is 0 Å². The van der Waals surface area contributed by atoms with Crippen LogP contribution in [0.15, 0.2) is 76.1 Å². The average Bonchev–Trinajstić information content (AvgIpc) is 3.26. The molecule has 1 aromatic heterocycles. The summed E-state index contributed by atoms with van der Waals surface area (Å²) in [6, 6.07) is 21.7. The zero-order valence-corrected chi connectivity index (χ0v) is 18.9. The van der Waals surface area contributed by atoms with Gasteiger partial charge in [0.25, 0.3) is 0 Å². The first-order valence-electron chi connectivity index (χ1n) is 10.3. The van der Waals surface area contributed by atoms with Crippen molar-refractivity contribution in [3.8, 4) is 51.5 Å². The molecule has 170 valence electrons. The first-order valence-corrected chi connectivity index (χ1v) is 10.3. The van der Waals surface area contributed by atoms with Crippen LogP contribution in [-0.2, 0) is 0 Å². The smallest absolute Gasteiger partial charge is 0.238 e. The van der Waals surface area contributed by atoms with Crippen LogP contribution in [0.1, 0.15) is 11.1 Å². The molecule has 0 aliphatic carbocycles. The number of phenols is 1. The van der Waals surface area contributed by atoms with Gasteiger partial charge >= 0.3 is 0 Å². The number of aliphatic imine (C=N–C) groups is 1. The molecule has 4 rings (SSSR count). The minimum absolute atomic E-state index is 0.0281. The van der Waals surface area contributed by atoms with Gasteiger partial charge in [-0.15, -0.1) is 0 Å². The van der Waals surface area contributed by atoms with Gasteiger partial charge in [-0.2, -0.15) is 5.26 Å². The van der Waals surface area contributed by atoms with E-state index in [0.29, 0.717) is 34.1 Å². The lowest BCUT2D eigenvalue weighted by Gasteiger charge is -2.06. The summed E-state index contributed by atoms with van der Waals surface area (Å²) in [5, 5.41) is 20.2. The Morgan fingerprint density at radius 1 is 0.824 bits per heavy atom. The van der Waals surface area contributed by atoms with Crippen LogP contribution in [-0.4, -0.2) is 32.7 Å². The number of furan rings is 1. The fourth-order valence-electron chi connectivity index (χ4n) is 3.48. The summed E-state index contributed by atoms with van der Waals surface area (Å²) in [6.07, 6.45) is 1.44. The first kappa shape index (κ1) is 22.5. The van der Waals surface area contributed by atoms with E-state index in [1.54, 1.807) is 26.4 Å². The van der Waals surface area contributed by atoms with Crippen LogP contribution in [0.2, 0.25) is 0 Å². The number of rotatable bonds is 7. The monoisotopic (exact) mass is 454 g/mol. The predicted octanol–water partition coefficient (Wildman–Crippen LogP) is 5.97. The van der Waals surface area contributed by atoms with Crippen LogP contribution in [0.4, 0.5) is 5.88 Å². The van der Waals surface area contributed by atoms with Gasteiger partial charge in [-0.3, -0.25) is 0 Å². The molecule has 0 amide bonds. The minimum atomic E-state index is 0.0281. The Balaban J connectivity index is 1.87. The Hall–Kier alpha value is -4.70. The second-order valence-electron chi connectivity index (χ2n) is 7.24. The van der Waals surface area contributed by atoms with Gasteiger partial charge in [0.15, 0.2) is 0 Å². The first-order chi connectivity index (χ1) is 16.6. The van der Waals surface area contributed by atoms with Crippen LogP contribution >= 0.6 is 0 Å². The average molecular weight is 454 g/mol. The van der Waals surface area contributed by atoms with Crippen LogP contribution in [0.5, 0.6) is 23.0 Å². The zero-order chi connectivity index (χ0) is 24.1. The van der Waals surface area contributed by atoms with E-state index in [-0.39, 0.29) is 17.2 Å². The van der Waals surface area contributed by atoms with Gasteiger partial charge in [0.05, 0.1) is 21.3 Å². The van der Waals surface area contributed by atoms with Crippen LogP contribution in [0.25, 0.3) is 22.5 Å². The molecule has 7 nitrogen and oxygen atoms in total. The minimum Gasteiger partial charge on any atom is -0.507 e. The summed E-state index contributed by atoms with van der Waals surface area (Å²) in [6.45, 7) is 0. The molecule has 3 aromatic carbocycles. The van der Waals surface area contributed by atoms with Gasteiger partial charge < -0.3 is 23.7 Å². The van der Waals surface area contributed by atoms with Gasteiger partial charge in [-0.1, -0.05) is 12.1 Å². The van der Waals surface area contributed by atoms with E-state index in [1.165, 1.54) is 19.4 Å². The summed E-state index contributed by atoms with van der Waals surface area (Å²) in [7, 11) is 4.73. The number of nitrogens with zero attached hydrogens (tertiary/aromatic N) is 2. The Bertz CT molecular complexity index is 1360. The normalized spacial score (nSPS) is 10.8. The van der Waals surface area contributed by atoms with Crippen molar-refractivity contribution in [3.63, 3.8) is 0 Å². The molecule has 4 aromatic rings. The lowest BCUT2D eigenvalue weighted by atomic mass is 9.98. The third kappa shape index (κ3) is 4.43. The van der Waals surface area contributed by atoms with Crippen molar-refractivity contribution in [1.82, 2.24) is 0 Å². The van der Waals surface area contributed by atoms with Crippen molar-refractivity contribution in [3.05, 3.63) is 77.9 Å². The SMILES string of the molecule is COc1ccc(-c2oc(/N=C/c3cc(OC)ccc3O)c(C#N)c2-c2ccc(OC)cc2)cc1. The maximum atomic E-state index is 10.2. The number of phenolic OH excluding ortho intramolecular Hbond substituents is 1. The second-order valence-corrected chi connectivity index (χ2v) is 7.24. The van der Waals surface area contributed by atoms with E-state index >= 15 is 0 Å². The fourth-order valence-corrected chi connectivity index (χ4v) is 3.48. The van der Waals surface area contributed by atoms with Crippen molar-refractivity contribution in [1.29, 1.82) is 5.26 Å². The third-order valence-electron chi connectivity index (χ3n) is 5.29. The maximum absolute atomic E-state index is 10.2. The molecule has 7 heteroatoms. The van der Waals surface area contributed by atoms with E-state index in [4.69, 9.17) is 18.6 Å². The molecule has 0 fully saturated rings.